The van der Waals surface area contributed by atoms with Gasteiger partial charge in [-0.1, -0.05) is 6.92 Å². The average Bonchev–Trinajstić information content (AvgIpc) is 3.02. The highest BCUT2D eigenvalue weighted by Gasteiger charge is 2.41. The third-order valence-electron chi connectivity index (χ3n) is 3.88. The Hall–Kier alpha value is -0.430. The van der Waals surface area contributed by atoms with Crippen molar-refractivity contribution in [3.8, 4) is 0 Å². The predicted octanol–water partition coefficient (Wildman–Crippen LogP) is 2.51. The Labute approximate surface area is 129 Å². The average molecular weight is 346 g/mol. The van der Waals surface area contributed by atoms with Gasteiger partial charge in [-0.05, 0) is 42.2 Å². The van der Waals surface area contributed by atoms with Gasteiger partial charge in [0.15, 0.2) is 0 Å². The molecule has 0 spiro atoms. The van der Waals surface area contributed by atoms with Crippen molar-refractivity contribution in [3.05, 3.63) is 16.4 Å². The van der Waals surface area contributed by atoms with Crippen molar-refractivity contribution in [1.82, 2.24) is 15.1 Å². The van der Waals surface area contributed by atoms with E-state index in [9.17, 15) is 0 Å². The molecule has 1 saturated heterocycles. The first-order valence-electron chi connectivity index (χ1n) is 7.20. The molecule has 1 N–H and O–H groups in total. The Bertz CT molecular complexity index is 430. The lowest BCUT2D eigenvalue weighted by Crippen LogP contribution is -2.42. The van der Waals surface area contributed by atoms with Crippen LogP contribution in [0.2, 0.25) is 0 Å². The van der Waals surface area contributed by atoms with Crippen LogP contribution < -0.4 is 5.32 Å². The van der Waals surface area contributed by atoms with Gasteiger partial charge in [-0.2, -0.15) is 5.10 Å². The molecule has 0 aliphatic carbocycles. The zero-order valence-electron chi connectivity index (χ0n) is 12.5. The number of hydrogen-bond acceptors (Lipinski definition) is 4. The molecule has 1 fully saturated rings. The van der Waals surface area contributed by atoms with E-state index in [0.29, 0.717) is 6.61 Å². The number of halogens is 1. The highest BCUT2D eigenvalue weighted by Crippen LogP contribution is 2.39. The van der Waals surface area contributed by atoms with E-state index in [2.05, 4.69) is 40.2 Å². The number of aromatic nitrogens is 2. The summed E-state index contributed by atoms with van der Waals surface area (Å²) in [4.78, 5) is 0. The van der Waals surface area contributed by atoms with Crippen molar-refractivity contribution in [2.24, 2.45) is 0 Å². The molecule has 1 aromatic rings. The predicted molar refractivity (Wildman–Crippen MR) is 81.8 cm³/mol. The van der Waals surface area contributed by atoms with Crippen molar-refractivity contribution >= 4 is 15.9 Å². The molecule has 1 aliphatic rings. The van der Waals surface area contributed by atoms with E-state index < -0.39 is 0 Å². The summed E-state index contributed by atoms with van der Waals surface area (Å²) >= 11 is 3.63. The highest BCUT2D eigenvalue weighted by molar-refractivity contribution is 9.10. The molecule has 2 rings (SSSR count). The maximum Gasteiger partial charge on any atom is 0.0864 e. The molecule has 114 valence electrons. The van der Waals surface area contributed by atoms with Crippen LogP contribution in [-0.4, -0.2) is 42.2 Å². The summed E-state index contributed by atoms with van der Waals surface area (Å²) in [6, 6.07) is 0.128. The maximum atomic E-state index is 6.04. The van der Waals surface area contributed by atoms with Crippen LogP contribution in [0.5, 0.6) is 0 Å². The van der Waals surface area contributed by atoms with Crippen LogP contribution in [0, 0.1) is 0 Å². The standard InChI is InChI=1S/C14H24BrN3O2/c1-4-16-13(14(2)6-5-8-20-14)12-11(15)10-17-18(12)7-9-19-3/h10,13,16H,4-9H2,1-3H3. The fourth-order valence-electron chi connectivity index (χ4n) is 2.85. The van der Waals surface area contributed by atoms with Gasteiger partial charge in [0, 0.05) is 13.7 Å². The van der Waals surface area contributed by atoms with Gasteiger partial charge < -0.3 is 14.8 Å². The van der Waals surface area contributed by atoms with Crippen molar-refractivity contribution in [2.75, 3.05) is 26.9 Å². The fourth-order valence-corrected chi connectivity index (χ4v) is 3.37. The number of nitrogens with one attached hydrogen (secondary N) is 1. The van der Waals surface area contributed by atoms with Gasteiger partial charge in [-0.25, -0.2) is 0 Å². The largest absolute Gasteiger partial charge is 0.383 e. The first kappa shape index (κ1) is 15.9. The van der Waals surface area contributed by atoms with Crippen LogP contribution in [0.4, 0.5) is 0 Å². The third kappa shape index (κ3) is 3.24. The summed E-state index contributed by atoms with van der Waals surface area (Å²) in [5.74, 6) is 0. The smallest absolute Gasteiger partial charge is 0.0864 e. The first-order chi connectivity index (χ1) is 9.62. The van der Waals surface area contributed by atoms with Crippen molar-refractivity contribution in [3.63, 3.8) is 0 Å². The Balaban J connectivity index is 2.30. The number of methoxy groups -OCH3 is 1. The van der Waals surface area contributed by atoms with Gasteiger partial charge in [0.05, 0.1) is 41.2 Å². The zero-order valence-corrected chi connectivity index (χ0v) is 14.1. The highest BCUT2D eigenvalue weighted by atomic mass is 79.9. The molecular weight excluding hydrogens is 322 g/mol. The van der Waals surface area contributed by atoms with Gasteiger partial charge in [0.1, 0.15) is 0 Å². The van der Waals surface area contributed by atoms with Gasteiger partial charge in [-0.3, -0.25) is 4.68 Å². The molecule has 1 aliphatic heterocycles. The molecule has 2 heterocycles. The lowest BCUT2D eigenvalue weighted by Gasteiger charge is -2.34. The first-order valence-corrected chi connectivity index (χ1v) is 7.99. The topological polar surface area (TPSA) is 48.3 Å². The summed E-state index contributed by atoms with van der Waals surface area (Å²) in [7, 11) is 1.71. The van der Waals surface area contributed by atoms with E-state index in [1.54, 1.807) is 7.11 Å². The number of ether oxygens (including phenoxy) is 2. The van der Waals surface area contributed by atoms with E-state index in [1.165, 1.54) is 0 Å². The van der Waals surface area contributed by atoms with Gasteiger partial charge >= 0.3 is 0 Å². The number of likely N-dealkylation sites (N-methyl/N-ethyl adjacent to an activating group) is 1. The number of nitrogens with zero attached hydrogens (tertiary/aromatic N) is 2. The second kappa shape index (κ2) is 7.02. The van der Waals surface area contributed by atoms with Gasteiger partial charge in [-0.15, -0.1) is 0 Å². The molecule has 2 unspecified atom stereocenters. The quantitative estimate of drug-likeness (QED) is 0.824. The Morgan fingerprint density at radius 3 is 3.05 bits per heavy atom. The normalized spacial score (nSPS) is 24.2. The van der Waals surface area contributed by atoms with E-state index in [0.717, 1.165) is 42.7 Å². The minimum absolute atomic E-state index is 0.128. The lowest BCUT2D eigenvalue weighted by atomic mass is 9.90. The molecule has 20 heavy (non-hydrogen) atoms. The van der Waals surface area contributed by atoms with Gasteiger partial charge in [0.25, 0.3) is 0 Å². The molecule has 2 atom stereocenters. The molecule has 5 nitrogen and oxygen atoms in total. The lowest BCUT2D eigenvalue weighted by molar-refractivity contribution is -0.0149. The molecule has 0 amide bonds. The van der Waals surface area contributed by atoms with Crippen LogP contribution in [0.3, 0.4) is 0 Å². The minimum Gasteiger partial charge on any atom is -0.383 e. The Morgan fingerprint density at radius 1 is 1.65 bits per heavy atom. The van der Waals surface area contributed by atoms with E-state index in [1.807, 2.05) is 10.9 Å². The minimum atomic E-state index is -0.177. The van der Waals surface area contributed by atoms with E-state index >= 15 is 0 Å². The molecule has 1 aromatic heterocycles. The second-order valence-corrected chi connectivity index (χ2v) is 6.20. The second-order valence-electron chi connectivity index (χ2n) is 5.35. The number of hydrogen-bond donors (Lipinski definition) is 1. The maximum absolute atomic E-state index is 6.04. The summed E-state index contributed by atoms with van der Waals surface area (Å²) < 4.78 is 14.2. The molecule has 0 radical (unpaired) electrons. The van der Waals surface area contributed by atoms with Crippen LogP contribution in [0.1, 0.15) is 38.4 Å². The zero-order chi connectivity index (χ0) is 14.6. The van der Waals surface area contributed by atoms with Crippen molar-refractivity contribution in [2.45, 2.75) is 44.9 Å². The van der Waals surface area contributed by atoms with E-state index in [-0.39, 0.29) is 11.6 Å². The summed E-state index contributed by atoms with van der Waals surface area (Å²) in [5.41, 5.74) is 0.969. The molecule has 0 bridgehead atoms. The number of rotatable bonds is 7. The summed E-state index contributed by atoms with van der Waals surface area (Å²) in [6.45, 7) is 7.43. The Kier molecular flexibility index (Phi) is 5.60. The van der Waals surface area contributed by atoms with Gasteiger partial charge in [0.2, 0.25) is 0 Å². The van der Waals surface area contributed by atoms with Crippen LogP contribution in [0.25, 0.3) is 0 Å². The van der Waals surface area contributed by atoms with Crippen LogP contribution in [0.15, 0.2) is 10.7 Å². The monoisotopic (exact) mass is 345 g/mol. The Morgan fingerprint density at radius 2 is 2.45 bits per heavy atom. The summed E-state index contributed by atoms with van der Waals surface area (Å²) in [6.07, 6.45) is 4.03. The van der Waals surface area contributed by atoms with Crippen molar-refractivity contribution in [1.29, 1.82) is 0 Å². The fraction of sp³-hybridized carbons (Fsp3) is 0.786. The molecular formula is C14H24BrN3O2. The SMILES string of the molecule is CCNC(c1c(Br)cnn1CCOC)C1(C)CCCO1. The van der Waals surface area contributed by atoms with E-state index in [4.69, 9.17) is 9.47 Å². The van der Waals surface area contributed by atoms with Crippen LogP contribution >= 0.6 is 15.9 Å². The third-order valence-corrected chi connectivity index (χ3v) is 4.49. The molecule has 0 saturated carbocycles. The molecule has 0 aromatic carbocycles. The summed E-state index contributed by atoms with van der Waals surface area (Å²) in [5, 5.41) is 8.02. The molecule has 6 heteroatoms. The van der Waals surface area contributed by atoms with Crippen LogP contribution in [-0.2, 0) is 16.0 Å². The van der Waals surface area contributed by atoms with Crippen molar-refractivity contribution < 1.29 is 9.47 Å².